The molecule has 1 aromatic carbocycles. The SMILES string of the molecule is C=CCN[n+]1cccc2ccccc21. The fourth-order valence-electron chi connectivity index (χ4n) is 1.46. The maximum Gasteiger partial charge on any atom is 0.242 e. The number of pyridine rings is 1. The molecule has 0 radical (unpaired) electrons. The molecule has 0 unspecified atom stereocenters. The highest BCUT2D eigenvalue weighted by Gasteiger charge is 2.04. The topological polar surface area (TPSA) is 15.9 Å². The van der Waals surface area contributed by atoms with Gasteiger partial charge in [-0.25, -0.2) is 0 Å². The van der Waals surface area contributed by atoms with E-state index in [-0.39, 0.29) is 0 Å². The van der Waals surface area contributed by atoms with Crippen LogP contribution in [-0.2, 0) is 0 Å². The second-order valence-corrected chi connectivity index (χ2v) is 3.09. The summed E-state index contributed by atoms with van der Waals surface area (Å²) in [6, 6.07) is 12.4. The maximum absolute atomic E-state index is 3.68. The summed E-state index contributed by atoms with van der Waals surface area (Å²) < 4.78 is 2.01. The van der Waals surface area contributed by atoms with Crippen LogP contribution in [0.15, 0.2) is 55.3 Å². The first-order valence-electron chi connectivity index (χ1n) is 4.66. The van der Waals surface area contributed by atoms with E-state index in [9.17, 15) is 0 Å². The van der Waals surface area contributed by atoms with Gasteiger partial charge in [-0.15, -0.1) is 6.58 Å². The van der Waals surface area contributed by atoms with E-state index < -0.39 is 0 Å². The second kappa shape index (κ2) is 3.92. The maximum atomic E-state index is 3.68. The molecular formula is C12H13N2+. The first kappa shape index (κ1) is 8.75. The molecular weight excluding hydrogens is 172 g/mol. The third-order valence-corrected chi connectivity index (χ3v) is 2.11. The standard InChI is InChI=1S/C12H13N2/c1-2-9-13-14-10-5-7-11-6-3-4-8-12(11)14/h2-8,10,13H,1,9H2/q+1. The van der Waals surface area contributed by atoms with Crippen LogP contribution in [-0.4, -0.2) is 6.54 Å². The number of hydrogen-bond acceptors (Lipinski definition) is 1. The lowest BCUT2D eigenvalue weighted by molar-refractivity contribution is -0.622. The van der Waals surface area contributed by atoms with Crippen LogP contribution in [0.3, 0.4) is 0 Å². The summed E-state index contributed by atoms with van der Waals surface area (Å²) in [5.74, 6) is 0. The highest BCUT2D eigenvalue weighted by molar-refractivity contribution is 5.74. The Morgan fingerprint density at radius 2 is 2.00 bits per heavy atom. The van der Waals surface area contributed by atoms with E-state index in [2.05, 4.69) is 30.2 Å². The summed E-state index contributed by atoms with van der Waals surface area (Å²) >= 11 is 0. The molecule has 70 valence electrons. The summed E-state index contributed by atoms with van der Waals surface area (Å²) in [6.07, 6.45) is 3.85. The lowest BCUT2D eigenvalue weighted by Crippen LogP contribution is -2.45. The van der Waals surface area contributed by atoms with Crippen LogP contribution in [0.25, 0.3) is 10.9 Å². The van der Waals surface area contributed by atoms with Gasteiger partial charge in [-0.2, -0.15) is 5.43 Å². The van der Waals surface area contributed by atoms with Gasteiger partial charge < -0.3 is 0 Å². The van der Waals surface area contributed by atoms with Crippen LogP contribution in [0.4, 0.5) is 0 Å². The molecule has 0 fully saturated rings. The number of aromatic nitrogens is 1. The van der Waals surface area contributed by atoms with Crippen LogP contribution < -0.4 is 10.1 Å². The van der Waals surface area contributed by atoms with Gasteiger partial charge in [0.25, 0.3) is 0 Å². The molecule has 1 aromatic heterocycles. The van der Waals surface area contributed by atoms with Crippen LogP contribution in [0.1, 0.15) is 0 Å². The van der Waals surface area contributed by atoms with E-state index in [4.69, 9.17) is 0 Å². The predicted octanol–water partition coefficient (Wildman–Crippen LogP) is 1.86. The first-order chi connectivity index (χ1) is 6.92. The van der Waals surface area contributed by atoms with Crippen molar-refractivity contribution in [1.29, 1.82) is 0 Å². The van der Waals surface area contributed by atoms with Gasteiger partial charge in [0.05, 0.1) is 6.54 Å². The van der Waals surface area contributed by atoms with Crippen LogP contribution in [0.5, 0.6) is 0 Å². The molecule has 2 heteroatoms. The van der Waals surface area contributed by atoms with Gasteiger partial charge in [0, 0.05) is 17.5 Å². The Morgan fingerprint density at radius 1 is 1.21 bits per heavy atom. The summed E-state index contributed by atoms with van der Waals surface area (Å²) in [4.78, 5) is 0. The largest absolute Gasteiger partial charge is 0.242 e. The van der Waals surface area contributed by atoms with Gasteiger partial charge in [-0.3, -0.25) is 0 Å². The highest BCUT2D eigenvalue weighted by atomic mass is 15.4. The minimum absolute atomic E-state index is 0.763. The lowest BCUT2D eigenvalue weighted by Gasteiger charge is -1.99. The molecule has 2 nitrogen and oxygen atoms in total. The van der Waals surface area contributed by atoms with Crippen LogP contribution in [0, 0.1) is 0 Å². The quantitative estimate of drug-likeness (QED) is 0.570. The number of fused-ring (bicyclic) bond motifs is 1. The summed E-state index contributed by atoms with van der Waals surface area (Å²) in [5, 5.41) is 1.23. The summed E-state index contributed by atoms with van der Waals surface area (Å²) in [5.41, 5.74) is 4.41. The molecule has 0 saturated carbocycles. The van der Waals surface area contributed by atoms with Crippen LogP contribution >= 0.6 is 0 Å². The van der Waals surface area contributed by atoms with Crippen molar-refractivity contribution in [3.63, 3.8) is 0 Å². The van der Waals surface area contributed by atoms with Crippen molar-refractivity contribution < 1.29 is 4.68 Å². The van der Waals surface area contributed by atoms with Crippen molar-refractivity contribution in [1.82, 2.24) is 0 Å². The number of nitrogens with one attached hydrogen (secondary N) is 1. The fourth-order valence-corrected chi connectivity index (χ4v) is 1.46. The Morgan fingerprint density at radius 3 is 2.86 bits per heavy atom. The Bertz CT molecular complexity index is 444. The number of hydrogen-bond donors (Lipinski definition) is 1. The van der Waals surface area contributed by atoms with Crippen molar-refractivity contribution in [2.24, 2.45) is 0 Å². The predicted molar refractivity (Wildman–Crippen MR) is 58.6 cm³/mol. The molecule has 14 heavy (non-hydrogen) atoms. The molecule has 0 atom stereocenters. The zero-order valence-corrected chi connectivity index (χ0v) is 7.98. The van der Waals surface area contributed by atoms with Crippen molar-refractivity contribution in [2.45, 2.75) is 0 Å². The number of benzene rings is 1. The Hall–Kier alpha value is -1.83. The normalized spacial score (nSPS) is 10.0. The fraction of sp³-hybridized carbons (Fsp3) is 0.0833. The van der Waals surface area contributed by atoms with Gasteiger partial charge in [-0.05, 0) is 12.1 Å². The molecule has 0 aliphatic rings. The van der Waals surface area contributed by atoms with Crippen LogP contribution in [0.2, 0.25) is 0 Å². The molecule has 2 rings (SSSR count). The minimum atomic E-state index is 0.763. The average Bonchev–Trinajstić information content (AvgIpc) is 2.26. The van der Waals surface area contributed by atoms with E-state index in [0.29, 0.717) is 0 Å². The van der Waals surface area contributed by atoms with Crippen molar-refractivity contribution in [3.8, 4) is 0 Å². The third-order valence-electron chi connectivity index (χ3n) is 2.11. The number of nitrogens with zero attached hydrogens (tertiary/aromatic N) is 1. The second-order valence-electron chi connectivity index (χ2n) is 3.09. The molecule has 0 spiro atoms. The van der Waals surface area contributed by atoms with Gasteiger partial charge in [0.2, 0.25) is 5.52 Å². The molecule has 0 bridgehead atoms. The van der Waals surface area contributed by atoms with E-state index in [1.807, 2.05) is 35.1 Å². The molecule has 1 N–H and O–H groups in total. The summed E-state index contributed by atoms with van der Waals surface area (Å²) in [6.45, 7) is 4.44. The zero-order chi connectivity index (χ0) is 9.80. The lowest BCUT2D eigenvalue weighted by atomic mass is 10.2. The summed E-state index contributed by atoms with van der Waals surface area (Å²) in [7, 11) is 0. The molecule has 1 heterocycles. The molecule has 0 saturated heterocycles. The van der Waals surface area contributed by atoms with Gasteiger partial charge in [-0.1, -0.05) is 22.9 Å². The van der Waals surface area contributed by atoms with E-state index >= 15 is 0 Å². The molecule has 0 aliphatic heterocycles. The minimum Gasteiger partial charge on any atom is -0.189 e. The van der Waals surface area contributed by atoms with Crippen molar-refractivity contribution in [2.75, 3.05) is 12.0 Å². The van der Waals surface area contributed by atoms with Gasteiger partial charge in [0.15, 0.2) is 6.20 Å². The van der Waals surface area contributed by atoms with E-state index in [1.54, 1.807) is 0 Å². The molecule has 0 amide bonds. The number of rotatable bonds is 3. The number of para-hydroxylation sites is 1. The van der Waals surface area contributed by atoms with Crippen molar-refractivity contribution >= 4 is 10.9 Å². The third kappa shape index (κ3) is 1.59. The zero-order valence-electron chi connectivity index (χ0n) is 7.98. The van der Waals surface area contributed by atoms with Crippen molar-refractivity contribution in [3.05, 3.63) is 55.3 Å². The van der Waals surface area contributed by atoms with Gasteiger partial charge >= 0.3 is 0 Å². The Balaban J connectivity index is 2.48. The average molecular weight is 185 g/mol. The monoisotopic (exact) mass is 185 g/mol. The Kier molecular flexibility index (Phi) is 2.45. The first-order valence-corrected chi connectivity index (χ1v) is 4.66. The van der Waals surface area contributed by atoms with Gasteiger partial charge in [0.1, 0.15) is 0 Å². The highest BCUT2D eigenvalue weighted by Crippen LogP contribution is 2.06. The van der Waals surface area contributed by atoms with E-state index in [1.165, 1.54) is 10.9 Å². The smallest absolute Gasteiger partial charge is 0.189 e. The molecule has 2 aromatic rings. The Labute approximate surface area is 83.5 Å². The van der Waals surface area contributed by atoms with E-state index in [0.717, 1.165) is 6.54 Å². The molecule has 0 aliphatic carbocycles.